The van der Waals surface area contributed by atoms with E-state index in [1.807, 2.05) is 54.6 Å². The SMILES string of the molecule is CN1CCC(Oc2ccc(Nc3ncc(Br)c(Nc4ccccc4)n3)cc2)CC1. The Morgan fingerprint density at radius 3 is 2.38 bits per heavy atom. The van der Waals surface area contributed by atoms with Crippen LogP contribution >= 0.6 is 15.9 Å². The maximum absolute atomic E-state index is 6.11. The van der Waals surface area contributed by atoms with Crippen molar-refractivity contribution >= 4 is 39.1 Å². The molecular formula is C22H24BrN5O. The monoisotopic (exact) mass is 453 g/mol. The Balaban J connectivity index is 1.39. The van der Waals surface area contributed by atoms with E-state index in [1.165, 1.54) is 0 Å². The van der Waals surface area contributed by atoms with Crippen LogP contribution in [0.15, 0.2) is 65.3 Å². The van der Waals surface area contributed by atoms with Crippen molar-refractivity contribution in [2.75, 3.05) is 30.8 Å². The minimum atomic E-state index is 0.298. The van der Waals surface area contributed by atoms with Gasteiger partial charge in [0, 0.05) is 30.7 Å². The van der Waals surface area contributed by atoms with Crippen LogP contribution < -0.4 is 15.4 Å². The second-order valence-electron chi connectivity index (χ2n) is 7.15. The number of piperidine rings is 1. The number of nitrogens with one attached hydrogen (secondary N) is 2. The van der Waals surface area contributed by atoms with Gasteiger partial charge in [0.15, 0.2) is 0 Å². The van der Waals surface area contributed by atoms with Crippen LogP contribution in [0, 0.1) is 0 Å². The van der Waals surface area contributed by atoms with Crippen LogP contribution in [0.4, 0.5) is 23.1 Å². The molecule has 0 spiro atoms. The van der Waals surface area contributed by atoms with Gasteiger partial charge in [-0.25, -0.2) is 4.98 Å². The first kappa shape index (κ1) is 19.7. The third kappa shape index (κ3) is 5.46. The molecule has 1 aliphatic heterocycles. The first-order valence-corrected chi connectivity index (χ1v) is 10.5. The van der Waals surface area contributed by atoms with Gasteiger partial charge < -0.3 is 20.3 Å². The molecule has 1 fully saturated rings. The number of halogens is 1. The summed E-state index contributed by atoms with van der Waals surface area (Å²) in [6.45, 7) is 2.18. The predicted molar refractivity (Wildman–Crippen MR) is 120 cm³/mol. The van der Waals surface area contributed by atoms with Crippen LogP contribution in [-0.2, 0) is 0 Å². The highest BCUT2D eigenvalue weighted by Gasteiger charge is 2.17. The molecule has 2 aromatic carbocycles. The molecule has 150 valence electrons. The highest BCUT2D eigenvalue weighted by atomic mass is 79.9. The molecule has 0 saturated carbocycles. The Morgan fingerprint density at radius 1 is 0.966 bits per heavy atom. The number of hydrogen-bond donors (Lipinski definition) is 2. The molecule has 0 unspecified atom stereocenters. The third-order valence-electron chi connectivity index (χ3n) is 4.86. The van der Waals surface area contributed by atoms with Crippen LogP contribution in [0.1, 0.15) is 12.8 Å². The molecule has 0 bridgehead atoms. The smallest absolute Gasteiger partial charge is 0.229 e. The molecule has 3 aromatic rings. The van der Waals surface area contributed by atoms with E-state index in [4.69, 9.17) is 4.74 Å². The van der Waals surface area contributed by atoms with Crippen molar-refractivity contribution in [1.29, 1.82) is 0 Å². The molecule has 6 nitrogen and oxygen atoms in total. The first-order valence-electron chi connectivity index (χ1n) is 9.72. The summed E-state index contributed by atoms with van der Waals surface area (Å²) in [5.41, 5.74) is 1.88. The summed E-state index contributed by atoms with van der Waals surface area (Å²) in [5.74, 6) is 2.12. The number of rotatable bonds is 6. The average molecular weight is 454 g/mol. The number of likely N-dealkylation sites (tertiary alicyclic amines) is 1. The normalized spacial score (nSPS) is 15.1. The zero-order chi connectivity index (χ0) is 20.1. The molecule has 1 saturated heterocycles. The number of hydrogen-bond acceptors (Lipinski definition) is 6. The summed E-state index contributed by atoms with van der Waals surface area (Å²) in [6, 6.07) is 17.9. The quantitative estimate of drug-likeness (QED) is 0.534. The zero-order valence-electron chi connectivity index (χ0n) is 16.3. The fourth-order valence-corrected chi connectivity index (χ4v) is 3.50. The molecule has 2 heterocycles. The number of benzene rings is 2. The van der Waals surface area contributed by atoms with E-state index in [2.05, 4.69) is 48.5 Å². The lowest BCUT2D eigenvalue weighted by atomic mass is 10.1. The molecule has 1 aromatic heterocycles. The topological polar surface area (TPSA) is 62.3 Å². The van der Waals surface area contributed by atoms with Gasteiger partial charge in [-0.05, 0) is 72.2 Å². The maximum Gasteiger partial charge on any atom is 0.229 e. The van der Waals surface area contributed by atoms with Crippen molar-refractivity contribution in [3.63, 3.8) is 0 Å². The summed E-state index contributed by atoms with van der Waals surface area (Å²) in [4.78, 5) is 11.3. The van der Waals surface area contributed by atoms with Crippen molar-refractivity contribution in [1.82, 2.24) is 14.9 Å². The van der Waals surface area contributed by atoms with Gasteiger partial charge in [-0.15, -0.1) is 0 Å². The lowest BCUT2D eigenvalue weighted by Gasteiger charge is -2.29. The van der Waals surface area contributed by atoms with E-state index in [9.17, 15) is 0 Å². The van der Waals surface area contributed by atoms with E-state index < -0.39 is 0 Å². The minimum absolute atomic E-state index is 0.298. The molecule has 0 atom stereocenters. The van der Waals surface area contributed by atoms with E-state index in [0.29, 0.717) is 17.9 Å². The van der Waals surface area contributed by atoms with Gasteiger partial charge in [0.2, 0.25) is 5.95 Å². The van der Waals surface area contributed by atoms with Crippen molar-refractivity contribution in [2.45, 2.75) is 18.9 Å². The predicted octanol–water partition coefficient (Wildman–Crippen LogP) is 5.20. The van der Waals surface area contributed by atoms with Gasteiger partial charge in [-0.3, -0.25) is 0 Å². The Kier molecular flexibility index (Phi) is 6.27. The Labute approximate surface area is 179 Å². The standard InChI is InChI=1S/C22H24BrN5O/c1-28-13-11-19(12-14-28)29-18-9-7-17(8-10-18)26-22-24-15-20(23)21(27-22)25-16-5-3-2-4-6-16/h2-10,15,19H,11-14H2,1H3,(H2,24,25,26,27). The van der Waals surface area contributed by atoms with Crippen LogP contribution in [-0.4, -0.2) is 41.1 Å². The number of anilines is 4. The highest BCUT2D eigenvalue weighted by Crippen LogP contribution is 2.26. The number of aromatic nitrogens is 2. The number of nitrogens with zero attached hydrogens (tertiary/aromatic N) is 3. The third-order valence-corrected chi connectivity index (χ3v) is 5.44. The summed E-state index contributed by atoms with van der Waals surface area (Å²) >= 11 is 3.50. The average Bonchev–Trinajstić information content (AvgIpc) is 2.74. The van der Waals surface area contributed by atoms with Gasteiger partial charge in [0.1, 0.15) is 17.7 Å². The number of ether oxygens (including phenoxy) is 1. The van der Waals surface area contributed by atoms with Crippen molar-refractivity contribution in [3.05, 3.63) is 65.3 Å². The lowest BCUT2D eigenvalue weighted by molar-refractivity contribution is 0.114. The summed E-state index contributed by atoms with van der Waals surface area (Å²) < 4.78 is 6.91. The number of para-hydroxylation sites is 1. The second kappa shape index (κ2) is 9.24. The van der Waals surface area contributed by atoms with Crippen molar-refractivity contribution in [3.8, 4) is 5.75 Å². The fourth-order valence-electron chi connectivity index (χ4n) is 3.21. The largest absolute Gasteiger partial charge is 0.490 e. The van der Waals surface area contributed by atoms with Crippen molar-refractivity contribution < 1.29 is 4.74 Å². The molecule has 1 aliphatic rings. The van der Waals surface area contributed by atoms with E-state index >= 15 is 0 Å². The molecule has 2 N–H and O–H groups in total. The Bertz CT molecular complexity index is 928. The van der Waals surface area contributed by atoms with Crippen LogP contribution in [0.5, 0.6) is 5.75 Å². The summed E-state index contributed by atoms with van der Waals surface area (Å²) in [7, 11) is 2.15. The molecule has 7 heteroatoms. The highest BCUT2D eigenvalue weighted by molar-refractivity contribution is 9.10. The molecule has 0 radical (unpaired) electrons. The van der Waals surface area contributed by atoms with Gasteiger partial charge >= 0.3 is 0 Å². The second-order valence-corrected chi connectivity index (χ2v) is 8.01. The van der Waals surface area contributed by atoms with Gasteiger partial charge in [0.05, 0.1) is 4.47 Å². The molecule has 29 heavy (non-hydrogen) atoms. The van der Waals surface area contributed by atoms with Crippen LogP contribution in [0.3, 0.4) is 0 Å². The van der Waals surface area contributed by atoms with E-state index in [1.54, 1.807) is 6.20 Å². The Morgan fingerprint density at radius 2 is 1.66 bits per heavy atom. The zero-order valence-corrected chi connectivity index (χ0v) is 17.9. The maximum atomic E-state index is 6.11. The minimum Gasteiger partial charge on any atom is -0.490 e. The lowest BCUT2D eigenvalue weighted by Crippen LogP contribution is -2.35. The fraction of sp³-hybridized carbons (Fsp3) is 0.273. The molecule has 4 rings (SSSR count). The van der Waals surface area contributed by atoms with Gasteiger partial charge in [-0.2, -0.15) is 4.98 Å². The van der Waals surface area contributed by atoms with E-state index in [-0.39, 0.29) is 0 Å². The Hall–Kier alpha value is -2.64. The first-order chi connectivity index (χ1) is 14.2. The van der Waals surface area contributed by atoms with Gasteiger partial charge in [0.25, 0.3) is 0 Å². The van der Waals surface area contributed by atoms with Gasteiger partial charge in [-0.1, -0.05) is 18.2 Å². The van der Waals surface area contributed by atoms with Crippen LogP contribution in [0.2, 0.25) is 0 Å². The van der Waals surface area contributed by atoms with E-state index in [0.717, 1.165) is 47.5 Å². The van der Waals surface area contributed by atoms with Crippen LogP contribution in [0.25, 0.3) is 0 Å². The molecule has 0 amide bonds. The van der Waals surface area contributed by atoms with Crippen molar-refractivity contribution in [2.24, 2.45) is 0 Å². The summed E-state index contributed by atoms with van der Waals surface area (Å²) in [6.07, 6.45) is 4.17. The molecule has 0 aliphatic carbocycles. The summed E-state index contributed by atoms with van der Waals surface area (Å²) in [5, 5.41) is 6.54. The molecular weight excluding hydrogens is 430 g/mol.